The van der Waals surface area contributed by atoms with Crippen LogP contribution >= 0.6 is 15.6 Å². The van der Waals surface area contributed by atoms with E-state index in [1.165, 1.54) is 167 Å². The first-order valence-electron chi connectivity index (χ1n) is 34.8. The number of unbranched alkanes of at least 4 members (excludes halogenated alkanes) is 41. The Morgan fingerprint density at radius 1 is 0.282 bits per heavy atom. The number of esters is 4. The van der Waals surface area contributed by atoms with Gasteiger partial charge in [0.2, 0.25) is 0 Å². The van der Waals surface area contributed by atoms with Crippen LogP contribution in [0.3, 0.4) is 0 Å². The molecule has 17 nitrogen and oxygen atoms in total. The van der Waals surface area contributed by atoms with Crippen LogP contribution in [0.25, 0.3) is 0 Å². The molecule has 0 aliphatic heterocycles. The second-order valence-electron chi connectivity index (χ2n) is 23.9. The minimum absolute atomic E-state index is 0.106. The van der Waals surface area contributed by atoms with Gasteiger partial charge in [-0.1, -0.05) is 291 Å². The average molecular weight is 1260 g/mol. The fraction of sp³-hybridized carbons (Fsp3) is 0.939. The molecule has 0 aromatic carbocycles. The lowest BCUT2D eigenvalue weighted by atomic mass is 10.0. The minimum Gasteiger partial charge on any atom is -0.462 e. The first-order chi connectivity index (χ1) is 41.2. The summed E-state index contributed by atoms with van der Waals surface area (Å²) in [6, 6.07) is 0. The molecule has 0 aliphatic carbocycles. The van der Waals surface area contributed by atoms with Gasteiger partial charge in [-0.25, -0.2) is 9.13 Å². The van der Waals surface area contributed by atoms with E-state index in [0.29, 0.717) is 25.7 Å². The maximum atomic E-state index is 13.0. The first-order valence-corrected chi connectivity index (χ1v) is 37.8. The minimum atomic E-state index is -4.95. The Morgan fingerprint density at radius 3 is 0.694 bits per heavy atom. The van der Waals surface area contributed by atoms with Crippen LogP contribution in [0.4, 0.5) is 0 Å². The normalized spacial score (nSPS) is 14.1. The SMILES string of the molecule is CCCCCCCCCCCCCCCCCC(=O)O[C@H](COC(=O)CCCCCCCCCCCCCCC)COP(=O)(O)OC[C@@H](O)COP(=O)(O)OC[C@@H](COC(=O)CCCCCCCCCC)OC(=O)CCCCCCCCCCC. The zero-order valence-corrected chi connectivity index (χ0v) is 56.4. The fourth-order valence-electron chi connectivity index (χ4n) is 9.99. The Morgan fingerprint density at radius 2 is 0.471 bits per heavy atom. The van der Waals surface area contributed by atoms with E-state index < -0.39 is 97.5 Å². The van der Waals surface area contributed by atoms with Crippen molar-refractivity contribution in [2.75, 3.05) is 39.6 Å². The summed E-state index contributed by atoms with van der Waals surface area (Å²) in [5.41, 5.74) is 0. The molecule has 19 heteroatoms. The first kappa shape index (κ1) is 83.1. The van der Waals surface area contributed by atoms with Crippen molar-refractivity contribution >= 4 is 39.5 Å². The van der Waals surface area contributed by atoms with Gasteiger partial charge in [0, 0.05) is 25.7 Å². The molecule has 5 atom stereocenters. The lowest BCUT2D eigenvalue weighted by molar-refractivity contribution is -0.161. The predicted octanol–water partition coefficient (Wildman–Crippen LogP) is 18.7. The summed E-state index contributed by atoms with van der Waals surface area (Å²) in [6.45, 7) is 4.88. The molecule has 0 aliphatic rings. The van der Waals surface area contributed by atoms with Crippen molar-refractivity contribution in [1.29, 1.82) is 0 Å². The summed E-state index contributed by atoms with van der Waals surface area (Å²) < 4.78 is 68.0. The third-order valence-electron chi connectivity index (χ3n) is 15.4. The average Bonchev–Trinajstić information content (AvgIpc) is 3.52. The predicted molar refractivity (Wildman–Crippen MR) is 340 cm³/mol. The molecular formula is C66H128O17P2. The number of ether oxygens (including phenoxy) is 4. The quantitative estimate of drug-likeness (QED) is 0.0222. The zero-order valence-electron chi connectivity index (χ0n) is 54.6. The van der Waals surface area contributed by atoms with Crippen LogP contribution in [0.2, 0.25) is 0 Å². The fourth-order valence-corrected chi connectivity index (χ4v) is 11.6. The van der Waals surface area contributed by atoms with Crippen LogP contribution in [0, 0.1) is 0 Å². The van der Waals surface area contributed by atoms with Crippen LogP contribution in [-0.4, -0.2) is 96.7 Å². The lowest BCUT2D eigenvalue weighted by Gasteiger charge is -2.21. The highest BCUT2D eigenvalue weighted by Crippen LogP contribution is 2.45. The highest BCUT2D eigenvalue weighted by Gasteiger charge is 2.30. The molecular weight excluding hydrogens is 1130 g/mol. The summed E-state index contributed by atoms with van der Waals surface area (Å²) in [7, 11) is -9.88. The van der Waals surface area contributed by atoms with E-state index in [4.69, 9.17) is 37.0 Å². The molecule has 0 saturated heterocycles. The van der Waals surface area contributed by atoms with Crippen molar-refractivity contribution in [3.8, 4) is 0 Å². The Labute approximate surface area is 517 Å². The summed E-state index contributed by atoms with van der Waals surface area (Å²) in [5, 5.41) is 10.5. The van der Waals surface area contributed by atoms with Crippen molar-refractivity contribution in [2.45, 2.75) is 361 Å². The molecule has 0 spiro atoms. The topological polar surface area (TPSA) is 237 Å². The molecule has 504 valence electrons. The highest BCUT2D eigenvalue weighted by atomic mass is 31.2. The number of rotatable bonds is 67. The Bertz CT molecular complexity index is 1640. The standard InChI is InChI=1S/C66H128O17P2/c1-5-9-13-17-21-25-27-29-30-32-34-37-41-45-49-53-66(71)83-62(57-77-64(69)51-47-43-39-36-33-31-28-26-22-18-14-10-6-2)59-81-85(74,75)79-55-60(67)54-78-84(72,73)80-58-61(56-76-63(68)50-46-42-38-24-20-16-12-8-4)82-65(70)52-48-44-40-35-23-19-15-11-7-3/h60-62,67H,5-59H2,1-4H3,(H,72,73)(H,74,75)/t60-,61+,62+/m0/s1. The number of aliphatic hydroxyl groups excluding tert-OH is 1. The van der Waals surface area contributed by atoms with Gasteiger partial charge in [0.25, 0.3) is 0 Å². The molecule has 0 aromatic heterocycles. The van der Waals surface area contributed by atoms with E-state index in [1.807, 2.05) is 0 Å². The van der Waals surface area contributed by atoms with Gasteiger partial charge < -0.3 is 33.8 Å². The molecule has 85 heavy (non-hydrogen) atoms. The van der Waals surface area contributed by atoms with Crippen LogP contribution < -0.4 is 0 Å². The third-order valence-corrected chi connectivity index (χ3v) is 17.3. The third kappa shape index (κ3) is 60.7. The van der Waals surface area contributed by atoms with Crippen molar-refractivity contribution in [3.63, 3.8) is 0 Å². The monoisotopic (exact) mass is 1250 g/mol. The van der Waals surface area contributed by atoms with Gasteiger partial charge in [-0.2, -0.15) is 0 Å². The van der Waals surface area contributed by atoms with Crippen LogP contribution in [0.5, 0.6) is 0 Å². The molecule has 0 fully saturated rings. The molecule has 0 radical (unpaired) electrons. The molecule has 0 amide bonds. The Hall–Kier alpha value is -1.94. The Kier molecular flexibility index (Phi) is 59.6. The van der Waals surface area contributed by atoms with Gasteiger partial charge in [0.05, 0.1) is 26.4 Å². The number of hydrogen-bond donors (Lipinski definition) is 3. The molecule has 0 saturated carbocycles. The van der Waals surface area contributed by atoms with Gasteiger partial charge in [-0.15, -0.1) is 0 Å². The number of phosphoric acid groups is 2. The van der Waals surface area contributed by atoms with E-state index in [2.05, 4.69) is 27.7 Å². The van der Waals surface area contributed by atoms with E-state index in [1.54, 1.807) is 0 Å². The van der Waals surface area contributed by atoms with Crippen molar-refractivity contribution < 1.29 is 80.2 Å². The van der Waals surface area contributed by atoms with Gasteiger partial charge >= 0.3 is 39.5 Å². The summed E-state index contributed by atoms with van der Waals surface area (Å²) >= 11 is 0. The van der Waals surface area contributed by atoms with E-state index in [-0.39, 0.29) is 25.7 Å². The lowest BCUT2D eigenvalue weighted by Crippen LogP contribution is -2.30. The van der Waals surface area contributed by atoms with E-state index >= 15 is 0 Å². The number of phosphoric ester groups is 2. The van der Waals surface area contributed by atoms with E-state index in [0.717, 1.165) is 96.3 Å². The smallest absolute Gasteiger partial charge is 0.462 e. The van der Waals surface area contributed by atoms with Crippen LogP contribution in [0.1, 0.15) is 342 Å². The summed E-state index contributed by atoms with van der Waals surface area (Å²) in [5.74, 6) is -2.13. The van der Waals surface area contributed by atoms with Crippen LogP contribution in [-0.2, 0) is 65.4 Å². The van der Waals surface area contributed by atoms with Gasteiger partial charge in [0.1, 0.15) is 19.3 Å². The number of carbonyl (C=O) groups is 4. The maximum absolute atomic E-state index is 13.0. The second kappa shape index (κ2) is 60.9. The number of aliphatic hydroxyl groups is 1. The van der Waals surface area contributed by atoms with E-state index in [9.17, 15) is 43.2 Å². The van der Waals surface area contributed by atoms with Gasteiger partial charge in [-0.3, -0.25) is 37.3 Å². The summed E-state index contributed by atoms with van der Waals surface area (Å²) in [6.07, 6.45) is 47.1. The van der Waals surface area contributed by atoms with Crippen LogP contribution in [0.15, 0.2) is 0 Å². The molecule has 0 heterocycles. The van der Waals surface area contributed by atoms with Gasteiger partial charge in [-0.05, 0) is 25.7 Å². The zero-order chi connectivity index (χ0) is 62.6. The number of hydrogen-bond acceptors (Lipinski definition) is 15. The second-order valence-corrected chi connectivity index (χ2v) is 26.8. The molecule has 0 bridgehead atoms. The van der Waals surface area contributed by atoms with Crippen molar-refractivity contribution in [2.24, 2.45) is 0 Å². The Balaban J connectivity index is 5.21. The maximum Gasteiger partial charge on any atom is 0.472 e. The molecule has 0 rings (SSSR count). The number of carbonyl (C=O) groups excluding carboxylic acids is 4. The van der Waals surface area contributed by atoms with Crippen molar-refractivity contribution in [3.05, 3.63) is 0 Å². The van der Waals surface area contributed by atoms with Gasteiger partial charge in [0.15, 0.2) is 12.2 Å². The molecule has 0 aromatic rings. The van der Waals surface area contributed by atoms with Crippen molar-refractivity contribution in [1.82, 2.24) is 0 Å². The highest BCUT2D eigenvalue weighted by molar-refractivity contribution is 7.47. The largest absolute Gasteiger partial charge is 0.472 e. The molecule has 2 unspecified atom stereocenters. The molecule has 3 N–H and O–H groups in total. The summed E-state index contributed by atoms with van der Waals surface area (Å²) in [4.78, 5) is 72.2.